The average Bonchev–Trinajstić information content (AvgIpc) is 2.37. The Hall–Kier alpha value is -0.860. The number of hydrogen-bond donors (Lipinski definition) is 2. The van der Waals surface area contributed by atoms with Gasteiger partial charge in [-0.2, -0.15) is 0 Å². The maximum Gasteiger partial charge on any atom is 0.336 e. The summed E-state index contributed by atoms with van der Waals surface area (Å²) in [6.45, 7) is -0.213. The summed E-state index contributed by atoms with van der Waals surface area (Å²) in [5.41, 5.74) is 0.359. The van der Waals surface area contributed by atoms with Gasteiger partial charge in [-0.15, -0.1) is 0 Å². The average molecular weight is 384 g/mol. The summed E-state index contributed by atoms with van der Waals surface area (Å²) >= 11 is 7.93. The molecule has 0 spiro atoms. The number of benzene rings is 1. The zero-order chi connectivity index (χ0) is 13.7. The van der Waals surface area contributed by atoms with E-state index >= 15 is 0 Å². The molecule has 1 atom stereocenters. The summed E-state index contributed by atoms with van der Waals surface area (Å²) in [6.07, 6.45) is -1.38. The van der Waals surface area contributed by atoms with Crippen LogP contribution in [0, 0.1) is 3.57 Å². The van der Waals surface area contributed by atoms with Gasteiger partial charge in [-0.1, -0.05) is 11.6 Å². The van der Waals surface area contributed by atoms with E-state index in [4.69, 9.17) is 11.6 Å². The van der Waals surface area contributed by atoms with Gasteiger partial charge in [0.1, 0.15) is 0 Å². The van der Waals surface area contributed by atoms with E-state index in [1.807, 2.05) is 22.6 Å². The number of ether oxygens (including phenoxy) is 1. The van der Waals surface area contributed by atoms with E-state index < -0.39 is 18.0 Å². The van der Waals surface area contributed by atoms with E-state index in [-0.39, 0.29) is 6.54 Å². The molecule has 98 valence electrons. The van der Waals surface area contributed by atoms with Crippen molar-refractivity contribution in [3.63, 3.8) is 0 Å². The van der Waals surface area contributed by atoms with Crippen molar-refractivity contribution in [3.05, 3.63) is 32.4 Å². The van der Waals surface area contributed by atoms with Crippen LogP contribution in [0.3, 0.4) is 0 Å². The highest BCUT2D eigenvalue weighted by atomic mass is 127. The fourth-order valence-corrected chi connectivity index (χ4v) is 1.66. The lowest BCUT2D eigenvalue weighted by atomic mass is 10.2. The number of halogens is 2. The van der Waals surface area contributed by atoms with Crippen molar-refractivity contribution in [2.45, 2.75) is 6.10 Å². The van der Waals surface area contributed by atoms with Crippen LogP contribution < -0.4 is 5.32 Å². The van der Waals surface area contributed by atoms with Crippen molar-refractivity contribution in [3.8, 4) is 0 Å². The standard InChI is InChI=1S/C11H11ClINO4/c1-18-11(17)9(15)5-14-10(16)6-2-3-8(13)7(12)4-6/h2-4,9,15H,5H2,1H3,(H,14,16). The number of aliphatic hydroxyl groups is 1. The first-order valence-corrected chi connectivity index (χ1v) is 6.40. The van der Waals surface area contributed by atoms with E-state index in [2.05, 4.69) is 10.1 Å². The summed E-state index contributed by atoms with van der Waals surface area (Å²) in [7, 11) is 1.16. The molecule has 2 N–H and O–H groups in total. The molecule has 0 fully saturated rings. The normalized spacial score (nSPS) is 11.8. The van der Waals surface area contributed by atoms with Crippen molar-refractivity contribution in [2.75, 3.05) is 13.7 Å². The van der Waals surface area contributed by atoms with Crippen LogP contribution in [-0.2, 0) is 9.53 Å². The first-order chi connectivity index (χ1) is 8.45. The Morgan fingerprint density at radius 2 is 2.22 bits per heavy atom. The second-order valence-corrected chi connectivity index (χ2v) is 4.95. The third-order valence-electron chi connectivity index (χ3n) is 2.11. The molecule has 18 heavy (non-hydrogen) atoms. The molecule has 1 unspecified atom stereocenters. The molecule has 1 amide bonds. The molecule has 0 aromatic heterocycles. The highest BCUT2D eigenvalue weighted by Crippen LogP contribution is 2.19. The second kappa shape index (κ2) is 6.91. The van der Waals surface area contributed by atoms with Gasteiger partial charge < -0.3 is 15.2 Å². The van der Waals surface area contributed by atoms with E-state index in [0.717, 1.165) is 10.7 Å². The van der Waals surface area contributed by atoms with Crippen LogP contribution >= 0.6 is 34.2 Å². The molecule has 1 aromatic carbocycles. The minimum absolute atomic E-state index is 0.213. The van der Waals surface area contributed by atoms with E-state index in [9.17, 15) is 14.7 Å². The Morgan fingerprint density at radius 1 is 1.56 bits per heavy atom. The van der Waals surface area contributed by atoms with Gasteiger partial charge >= 0.3 is 5.97 Å². The summed E-state index contributed by atoms with van der Waals surface area (Å²) in [5.74, 6) is -1.22. The van der Waals surface area contributed by atoms with Crippen molar-refractivity contribution in [1.82, 2.24) is 5.32 Å². The number of rotatable bonds is 4. The molecule has 0 saturated carbocycles. The molecule has 5 nitrogen and oxygen atoms in total. The molecule has 0 aliphatic rings. The molecule has 0 saturated heterocycles. The summed E-state index contributed by atoms with van der Waals surface area (Å²) < 4.78 is 5.16. The van der Waals surface area contributed by atoms with Gasteiger partial charge in [0.25, 0.3) is 5.91 Å². The molecule has 0 aliphatic heterocycles. The third kappa shape index (κ3) is 4.11. The molecule has 0 bridgehead atoms. The Balaban J connectivity index is 2.60. The zero-order valence-electron chi connectivity index (χ0n) is 9.44. The molecule has 0 aliphatic carbocycles. The maximum absolute atomic E-state index is 11.7. The molecule has 1 rings (SSSR count). The predicted octanol–water partition coefficient (Wildman–Crippen LogP) is 1.21. The lowest BCUT2D eigenvalue weighted by molar-refractivity contribution is -0.149. The summed E-state index contributed by atoms with van der Waals surface area (Å²) in [6, 6.07) is 4.82. The number of methoxy groups -OCH3 is 1. The number of aliphatic hydroxyl groups excluding tert-OH is 1. The van der Waals surface area contributed by atoms with Gasteiger partial charge in [0.05, 0.1) is 18.7 Å². The van der Waals surface area contributed by atoms with Crippen LogP contribution in [0.2, 0.25) is 5.02 Å². The zero-order valence-corrected chi connectivity index (χ0v) is 12.4. The van der Waals surface area contributed by atoms with Crippen LogP contribution in [0.1, 0.15) is 10.4 Å². The molecule has 0 heterocycles. The van der Waals surface area contributed by atoms with Gasteiger partial charge in [0, 0.05) is 9.13 Å². The highest BCUT2D eigenvalue weighted by molar-refractivity contribution is 14.1. The van der Waals surface area contributed by atoms with Crippen molar-refractivity contribution < 1.29 is 19.4 Å². The fraction of sp³-hybridized carbons (Fsp3) is 0.273. The van der Waals surface area contributed by atoms with Gasteiger partial charge in [-0.3, -0.25) is 4.79 Å². The quantitative estimate of drug-likeness (QED) is 0.605. The Kier molecular flexibility index (Phi) is 5.83. The van der Waals surface area contributed by atoms with Crippen LogP contribution in [0.15, 0.2) is 18.2 Å². The molecule has 0 radical (unpaired) electrons. The van der Waals surface area contributed by atoms with Crippen molar-refractivity contribution in [1.29, 1.82) is 0 Å². The van der Waals surface area contributed by atoms with Gasteiger partial charge in [-0.05, 0) is 40.8 Å². The number of carbonyl (C=O) groups excluding carboxylic acids is 2. The number of nitrogens with one attached hydrogen (secondary N) is 1. The van der Waals surface area contributed by atoms with Crippen LogP contribution in [0.25, 0.3) is 0 Å². The fourth-order valence-electron chi connectivity index (χ4n) is 1.15. The van der Waals surface area contributed by atoms with Gasteiger partial charge in [-0.25, -0.2) is 4.79 Å². The largest absolute Gasteiger partial charge is 0.467 e. The minimum atomic E-state index is -1.38. The number of carbonyl (C=O) groups is 2. The first-order valence-electron chi connectivity index (χ1n) is 4.95. The molecule has 7 heteroatoms. The minimum Gasteiger partial charge on any atom is -0.467 e. The van der Waals surface area contributed by atoms with Crippen molar-refractivity contribution >= 4 is 46.1 Å². The Labute approximate surface area is 123 Å². The number of esters is 1. The molecule has 1 aromatic rings. The summed E-state index contributed by atoms with van der Waals surface area (Å²) in [4.78, 5) is 22.6. The van der Waals surface area contributed by atoms with Gasteiger partial charge in [0.15, 0.2) is 6.10 Å². The molecular weight excluding hydrogens is 372 g/mol. The topological polar surface area (TPSA) is 75.6 Å². The Bertz CT molecular complexity index is 466. The van der Waals surface area contributed by atoms with Crippen LogP contribution in [0.5, 0.6) is 0 Å². The number of hydrogen-bond acceptors (Lipinski definition) is 4. The van der Waals surface area contributed by atoms with Crippen LogP contribution in [-0.4, -0.2) is 36.7 Å². The van der Waals surface area contributed by atoms with Crippen molar-refractivity contribution in [2.24, 2.45) is 0 Å². The first kappa shape index (κ1) is 15.2. The smallest absolute Gasteiger partial charge is 0.336 e. The van der Waals surface area contributed by atoms with Crippen LogP contribution in [0.4, 0.5) is 0 Å². The van der Waals surface area contributed by atoms with E-state index in [1.54, 1.807) is 12.1 Å². The predicted molar refractivity (Wildman–Crippen MR) is 74.5 cm³/mol. The van der Waals surface area contributed by atoms with E-state index in [0.29, 0.717) is 10.6 Å². The third-order valence-corrected chi connectivity index (χ3v) is 3.68. The monoisotopic (exact) mass is 383 g/mol. The molecular formula is C11H11ClINO4. The lowest BCUT2D eigenvalue weighted by Crippen LogP contribution is -2.37. The Morgan fingerprint density at radius 3 is 2.78 bits per heavy atom. The SMILES string of the molecule is COC(=O)C(O)CNC(=O)c1ccc(I)c(Cl)c1. The van der Waals surface area contributed by atoms with Gasteiger partial charge in [0.2, 0.25) is 0 Å². The maximum atomic E-state index is 11.7. The lowest BCUT2D eigenvalue weighted by Gasteiger charge is -2.10. The summed E-state index contributed by atoms with van der Waals surface area (Å²) in [5, 5.41) is 12.2. The van der Waals surface area contributed by atoms with E-state index in [1.165, 1.54) is 6.07 Å². The highest BCUT2D eigenvalue weighted by Gasteiger charge is 2.16. The number of amides is 1. The second-order valence-electron chi connectivity index (χ2n) is 3.38.